The molecule has 0 N–H and O–H groups in total. The van der Waals surface area contributed by atoms with Crippen molar-refractivity contribution in [1.29, 1.82) is 0 Å². The van der Waals surface area contributed by atoms with Crippen molar-refractivity contribution in [3.8, 4) is 0 Å². The Morgan fingerprint density at radius 2 is 1.00 bits per heavy atom. The molecule has 1 heterocycles. The van der Waals surface area contributed by atoms with Crippen LogP contribution in [0.2, 0.25) is 0 Å². The number of benzene rings is 1. The van der Waals surface area contributed by atoms with Gasteiger partial charge in [-0.25, -0.2) is 34.4 Å². The fourth-order valence-electron chi connectivity index (χ4n) is 1.36. The van der Waals surface area contributed by atoms with Crippen LogP contribution in [-0.2, 0) is 20.0 Å². The smallest absolute Gasteiger partial charge is 0.207 e. The highest BCUT2D eigenvalue weighted by atomic mass is 32.3. The first-order valence-electron chi connectivity index (χ1n) is 3.95. The van der Waals surface area contributed by atoms with Gasteiger partial charge in [-0.3, -0.25) is 0 Å². The minimum atomic E-state index is -5.18. The predicted molar refractivity (Wildman–Crippen MR) is 48.2 cm³/mol. The summed E-state index contributed by atoms with van der Waals surface area (Å²) in [7, 11) is -5.71. The molecule has 0 saturated carbocycles. The lowest BCUT2D eigenvalue weighted by Gasteiger charge is -2.05. The summed E-state index contributed by atoms with van der Waals surface area (Å²) in [6, 6.07) is 0. The van der Waals surface area contributed by atoms with Crippen LogP contribution < -0.4 is 0 Å². The van der Waals surface area contributed by atoms with Crippen LogP contribution in [0.3, 0.4) is 0 Å². The monoisotopic (exact) mass is 301 g/mol. The molecule has 1 aromatic carbocycles. The van der Waals surface area contributed by atoms with Crippen molar-refractivity contribution in [3.05, 3.63) is 23.3 Å². The Balaban J connectivity index is 3.17. The topological polar surface area (TPSA) is 71.5 Å². The van der Waals surface area contributed by atoms with Crippen LogP contribution in [0.15, 0.2) is 9.79 Å². The largest absolute Gasteiger partial charge is 0.249 e. The molecular weight excluding hydrogens is 301 g/mol. The summed E-state index contributed by atoms with van der Waals surface area (Å²) < 4.78 is 96.8. The minimum Gasteiger partial charge on any atom is -0.207 e. The van der Waals surface area contributed by atoms with E-state index in [2.05, 4.69) is 7.98 Å². The van der Waals surface area contributed by atoms with Gasteiger partial charge >= 0.3 is 0 Å². The first-order valence-corrected chi connectivity index (χ1v) is 6.83. The van der Waals surface area contributed by atoms with Crippen LogP contribution in [0.5, 0.6) is 0 Å². The van der Waals surface area contributed by atoms with E-state index in [9.17, 15) is 34.4 Å². The van der Waals surface area contributed by atoms with E-state index in [-0.39, 0.29) is 0 Å². The van der Waals surface area contributed by atoms with Crippen molar-refractivity contribution in [2.45, 2.75) is 9.79 Å². The van der Waals surface area contributed by atoms with Gasteiger partial charge in [-0.2, -0.15) is 0 Å². The van der Waals surface area contributed by atoms with Crippen LogP contribution in [0.25, 0.3) is 0 Å². The third kappa shape index (κ3) is 1.30. The summed E-state index contributed by atoms with van der Waals surface area (Å²) >= 11 is 0. The number of sulfonamides is 2. The Bertz CT molecular complexity index is 711. The molecule has 12 heteroatoms. The Labute approximate surface area is 99.5 Å². The third-order valence-corrected chi connectivity index (χ3v) is 6.23. The van der Waals surface area contributed by atoms with Gasteiger partial charge in [0, 0.05) is 0 Å². The van der Waals surface area contributed by atoms with Gasteiger partial charge in [0.1, 0.15) is 9.79 Å². The summed E-state index contributed by atoms with van der Waals surface area (Å²) in [4.78, 5) is -3.69. The van der Waals surface area contributed by atoms with E-state index in [1.807, 2.05) is 0 Å². The number of halogens is 4. The van der Waals surface area contributed by atoms with E-state index in [0.29, 0.717) is 0 Å². The Morgan fingerprint density at radius 3 is 1.28 bits per heavy atom. The van der Waals surface area contributed by atoms with Gasteiger partial charge < -0.3 is 0 Å². The van der Waals surface area contributed by atoms with E-state index in [4.69, 9.17) is 0 Å². The summed E-state index contributed by atoms with van der Waals surface area (Å²) in [5.41, 5.74) is 0. The maximum Gasteiger partial charge on any atom is 0.249 e. The van der Waals surface area contributed by atoms with E-state index in [1.54, 1.807) is 0 Å². The summed E-state index contributed by atoms with van der Waals surface area (Å²) in [6.07, 6.45) is 0. The van der Waals surface area contributed by atoms with Gasteiger partial charge in [-0.05, 0) is 0 Å². The third-order valence-electron chi connectivity index (χ3n) is 2.17. The van der Waals surface area contributed by atoms with Crippen molar-refractivity contribution < 1.29 is 34.4 Å². The number of hydrogen-bond acceptors (Lipinski definition) is 4. The Morgan fingerprint density at radius 1 is 0.722 bits per heavy atom. The maximum atomic E-state index is 13.2. The average molecular weight is 301 g/mol. The first-order chi connectivity index (χ1) is 8.04. The molecule has 96 valence electrons. The number of hydrogen-bond donors (Lipinski definition) is 0. The zero-order chi connectivity index (χ0) is 14.0. The summed E-state index contributed by atoms with van der Waals surface area (Å²) in [5, 5.41) is 0. The van der Waals surface area contributed by atoms with Crippen molar-refractivity contribution in [3.63, 3.8) is 0 Å². The average Bonchev–Trinajstić information content (AvgIpc) is 2.41. The Hall–Kier alpha value is -1.14. The second-order valence-corrected chi connectivity index (χ2v) is 6.88. The van der Waals surface area contributed by atoms with E-state index >= 15 is 0 Å². The van der Waals surface area contributed by atoms with Gasteiger partial charge in [0.05, 0.1) is 0 Å². The van der Waals surface area contributed by atoms with Gasteiger partial charge in [0.2, 0.25) is 28.0 Å². The molecule has 5 nitrogen and oxygen atoms in total. The molecule has 0 amide bonds. The van der Waals surface area contributed by atoms with E-state index in [1.165, 1.54) is 0 Å². The van der Waals surface area contributed by atoms with Crippen molar-refractivity contribution in [2.24, 2.45) is 0 Å². The number of rotatable bonds is 0. The second kappa shape index (κ2) is 3.45. The lowest BCUT2D eigenvalue weighted by molar-refractivity contribution is 0.381. The van der Waals surface area contributed by atoms with Crippen LogP contribution >= 0.6 is 0 Å². The number of nitrogens with zero attached hydrogens (tertiary/aromatic N) is 1. The molecule has 0 bridgehead atoms. The maximum absolute atomic E-state index is 13.2. The predicted octanol–water partition coefficient (Wildman–Crippen LogP) is 0.0195. The molecule has 2 radical (unpaired) electrons. The molecule has 1 aliphatic heterocycles. The van der Waals surface area contributed by atoms with E-state index in [0.717, 1.165) is 0 Å². The molecule has 18 heavy (non-hydrogen) atoms. The molecule has 0 spiro atoms. The molecular formula is C6BF4NO4S2. The highest BCUT2D eigenvalue weighted by Crippen LogP contribution is 2.40. The molecule has 0 aromatic heterocycles. The number of fused-ring (bicyclic) bond motifs is 1. The molecule has 1 aromatic rings. The van der Waals surface area contributed by atoms with Crippen LogP contribution in [-0.4, -0.2) is 28.4 Å². The highest BCUT2D eigenvalue weighted by Gasteiger charge is 2.50. The quantitative estimate of drug-likeness (QED) is 0.293. The standard InChI is InChI=1S/C6BF4NO4S2/c7-12-17(13,14)5-3(10)1(8)2(9)4(11)6(5)18(12,15)16. The normalized spacial score (nSPS) is 20.9. The van der Waals surface area contributed by atoms with Gasteiger partial charge in [0.25, 0.3) is 0 Å². The lowest BCUT2D eigenvalue weighted by Crippen LogP contribution is -2.27. The molecule has 1 aliphatic rings. The Kier molecular flexibility index (Phi) is 2.55. The molecule has 0 aliphatic carbocycles. The fourth-order valence-corrected chi connectivity index (χ4v) is 5.11. The van der Waals surface area contributed by atoms with Crippen molar-refractivity contribution in [1.82, 2.24) is 3.62 Å². The first kappa shape index (κ1) is 13.3. The van der Waals surface area contributed by atoms with E-state index < -0.39 is 56.7 Å². The highest BCUT2D eigenvalue weighted by molar-refractivity contribution is 8.08. The molecule has 0 fully saturated rings. The van der Waals surface area contributed by atoms with Crippen LogP contribution in [0.4, 0.5) is 17.6 Å². The fraction of sp³-hybridized carbons (Fsp3) is 0. The van der Waals surface area contributed by atoms with Crippen molar-refractivity contribution >= 4 is 28.0 Å². The lowest BCUT2D eigenvalue weighted by atomic mass is 10.3. The van der Waals surface area contributed by atoms with Crippen molar-refractivity contribution in [2.75, 3.05) is 0 Å². The van der Waals surface area contributed by atoms with Gasteiger partial charge in [-0.1, -0.05) is 0 Å². The molecule has 2 rings (SSSR count). The SMILES string of the molecule is [B]N1S(=O)(=O)c2c(F)c(F)c(F)c(F)c2S1(=O)=O. The van der Waals surface area contributed by atoms with Crippen LogP contribution in [0.1, 0.15) is 0 Å². The van der Waals surface area contributed by atoms with Gasteiger partial charge in [-0.15, -0.1) is 3.62 Å². The molecule has 0 saturated heterocycles. The van der Waals surface area contributed by atoms with Crippen LogP contribution in [0, 0.1) is 23.3 Å². The zero-order valence-electron chi connectivity index (χ0n) is 7.99. The minimum absolute atomic E-state index is 0.851. The summed E-state index contributed by atoms with van der Waals surface area (Å²) in [6.45, 7) is 0. The molecule has 0 atom stereocenters. The van der Waals surface area contributed by atoms with Gasteiger partial charge in [0.15, 0.2) is 23.3 Å². The zero-order valence-corrected chi connectivity index (χ0v) is 9.62. The molecule has 0 unspecified atom stereocenters. The summed E-state index contributed by atoms with van der Waals surface area (Å²) in [5.74, 6) is -9.58. The second-order valence-electron chi connectivity index (χ2n) is 3.15.